The number of nitrogens with one attached hydrogen (secondary N) is 1. The molecule has 1 aromatic rings. The summed E-state index contributed by atoms with van der Waals surface area (Å²) in [7, 11) is 0. The van der Waals surface area contributed by atoms with Crippen molar-refractivity contribution in [3.63, 3.8) is 0 Å². The number of hydrogen-bond donors (Lipinski definition) is 1. The summed E-state index contributed by atoms with van der Waals surface area (Å²) in [5.41, 5.74) is 0.225. The molecule has 0 aliphatic heterocycles. The van der Waals surface area contributed by atoms with Gasteiger partial charge < -0.3 is 5.32 Å². The molecule has 3 nitrogen and oxygen atoms in total. The van der Waals surface area contributed by atoms with Gasteiger partial charge >= 0.3 is 0 Å². The van der Waals surface area contributed by atoms with Crippen molar-refractivity contribution in [2.24, 2.45) is 5.92 Å². The van der Waals surface area contributed by atoms with E-state index in [1.54, 1.807) is 0 Å². The van der Waals surface area contributed by atoms with Gasteiger partial charge in [0.05, 0.1) is 0 Å². The van der Waals surface area contributed by atoms with Gasteiger partial charge in [0.25, 0.3) is 5.91 Å². The maximum absolute atomic E-state index is 12.0. The summed E-state index contributed by atoms with van der Waals surface area (Å²) >= 11 is 12.7. The Hall–Kier alpha value is -0.320. The summed E-state index contributed by atoms with van der Waals surface area (Å²) < 4.78 is 4.31. The van der Waals surface area contributed by atoms with E-state index in [2.05, 4.69) is 30.5 Å². The molecular formula is C11H16Cl2N2OS. The quantitative estimate of drug-likeness (QED) is 0.892. The summed E-state index contributed by atoms with van der Waals surface area (Å²) in [5.74, 6) is 0.136. The first-order valence-corrected chi connectivity index (χ1v) is 7.11. The molecule has 1 unspecified atom stereocenters. The molecular weight excluding hydrogens is 279 g/mol. The fraction of sp³-hybridized carbons (Fsp3) is 0.636. The molecule has 1 amide bonds. The van der Waals surface area contributed by atoms with Gasteiger partial charge in [-0.1, -0.05) is 50.4 Å². The van der Waals surface area contributed by atoms with Crippen molar-refractivity contribution in [2.45, 2.75) is 39.7 Å². The smallest absolute Gasteiger partial charge is 0.272 e. The van der Waals surface area contributed by atoms with Crippen LogP contribution >= 0.6 is 34.7 Å². The summed E-state index contributed by atoms with van der Waals surface area (Å²) in [6.07, 6.45) is 1.97. The van der Waals surface area contributed by atoms with Crippen LogP contribution in [0.1, 0.15) is 44.1 Å². The molecule has 0 fully saturated rings. The summed E-state index contributed by atoms with van der Waals surface area (Å²) in [6, 6.07) is 0.143. The van der Waals surface area contributed by atoms with Gasteiger partial charge in [-0.15, -0.1) is 0 Å². The molecule has 1 atom stereocenters. The first-order valence-electron chi connectivity index (χ1n) is 5.58. The molecule has 17 heavy (non-hydrogen) atoms. The topological polar surface area (TPSA) is 42.0 Å². The van der Waals surface area contributed by atoms with Crippen molar-refractivity contribution in [2.75, 3.05) is 0 Å². The minimum atomic E-state index is -0.245. The summed E-state index contributed by atoms with van der Waals surface area (Å²) in [4.78, 5) is 12.0. The fourth-order valence-corrected chi connectivity index (χ4v) is 2.52. The van der Waals surface area contributed by atoms with Crippen molar-refractivity contribution >= 4 is 40.6 Å². The van der Waals surface area contributed by atoms with Crippen molar-refractivity contribution in [1.29, 1.82) is 0 Å². The number of hydrogen-bond acceptors (Lipinski definition) is 3. The maximum Gasteiger partial charge on any atom is 0.272 e. The highest BCUT2D eigenvalue weighted by Crippen LogP contribution is 2.29. The Morgan fingerprint density at radius 1 is 1.47 bits per heavy atom. The lowest BCUT2D eigenvalue weighted by molar-refractivity contribution is 0.0919. The van der Waals surface area contributed by atoms with E-state index >= 15 is 0 Å². The highest BCUT2D eigenvalue weighted by molar-refractivity contribution is 7.11. The molecule has 0 bridgehead atoms. The van der Waals surface area contributed by atoms with Crippen molar-refractivity contribution < 1.29 is 4.79 Å². The minimum Gasteiger partial charge on any atom is -0.348 e. The first kappa shape index (κ1) is 14.7. The van der Waals surface area contributed by atoms with Crippen LogP contribution in [-0.2, 0) is 0 Å². The van der Waals surface area contributed by atoms with E-state index in [9.17, 15) is 4.79 Å². The predicted molar refractivity (Wildman–Crippen MR) is 73.1 cm³/mol. The van der Waals surface area contributed by atoms with Gasteiger partial charge in [-0.25, -0.2) is 0 Å². The lowest BCUT2D eigenvalue weighted by Gasteiger charge is -2.21. The molecule has 0 aliphatic carbocycles. The Bertz CT molecular complexity index is 393. The Labute approximate surface area is 116 Å². The van der Waals surface area contributed by atoms with Crippen LogP contribution in [0.3, 0.4) is 0 Å². The van der Waals surface area contributed by atoms with Crippen LogP contribution in [0.25, 0.3) is 0 Å². The molecule has 96 valence electrons. The third-order valence-corrected chi connectivity index (χ3v) is 4.14. The average Bonchev–Trinajstić information content (AvgIpc) is 2.59. The molecule has 1 aromatic heterocycles. The highest BCUT2D eigenvalue weighted by atomic mass is 35.5. The number of rotatable bonds is 5. The number of amides is 1. The molecule has 0 saturated carbocycles. The standard InChI is InChI=1S/C11H16Cl2N2OS/c1-4-5-7(6(2)3)14-11(16)9-8(12)10(13)17-15-9/h6-7H,4-5H2,1-3H3,(H,14,16). The normalized spacial score (nSPS) is 12.8. The molecule has 0 aromatic carbocycles. The maximum atomic E-state index is 12.0. The summed E-state index contributed by atoms with van der Waals surface area (Å²) in [6.45, 7) is 6.25. The molecule has 1 N–H and O–H groups in total. The monoisotopic (exact) mass is 294 g/mol. The van der Waals surface area contributed by atoms with Crippen molar-refractivity contribution in [3.8, 4) is 0 Å². The van der Waals surface area contributed by atoms with Crippen LogP contribution < -0.4 is 5.32 Å². The van der Waals surface area contributed by atoms with Gasteiger partial charge in [-0.2, -0.15) is 4.37 Å². The number of carbonyl (C=O) groups is 1. The first-order chi connectivity index (χ1) is 7.97. The number of carbonyl (C=O) groups excluding carboxylic acids is 1. The minimum absolute atomic E-state index is 0.143. The molecule has 1 rings (SSSR count). The Morgan fingerprint density at radius 3 is 2.53 bits per heavy atom. The van der Waals surface area contributed by atoms with E-state index in [0.717, 1.165) is 24.4 Å². The largest absolute Gasteiger partial charge is 0.348 e. The van der Waals surface area contributed by atoms with Crippen molar-refractivity contribution in [3.05, 3.63) is 15.1 Å². The Morgan fingerprint density at radius 2 is 2.12 bits per heavy atom. The van der Waals surface area contributed by atoms with E-state index in [0.29, 0.717) is 10.3 Å². The van der Waals surface area contributed by atoms with Gasteiger partial charge in [0, 0.05) is 6.04 Å². The van der Waals surface area contributed by atoms with E-state index < -0.39 is 0 Å². The molecule has 0 saturated heterocycles. The van der Waals surface area contributed by atoms with Gasteiger partial charge in [-0.3, -0.25) is 4.79 Å². The van der Waals surface area contributed by atoms with Crippen LogP contribution in [0.5, 0.6) is 0 Å². The van der Waals surface area contributed by atoms with Gasteiger partial charge in [-0.05, 0) is 23.9 Å². The van der Waals surface area contributed by atoms with Crippen LogP contribution in [0.4, 0.5) is 0 Å². The lowest BCUT2D eigenvalue weighted by Crippen LogP contribution is -2.38. The zero-order valence-electron chi connectivity index (χ0n) is 10.1. The summed E-state index contributed by atoms with van der Waals surface area (Å²) in [5, 5.41) is 3.19. The highest BCUT2D eigenvalue weighted by Gasteiger charge is 2.21. The van der Waals surface area contributed by atoms with Gasteiger partial charge in [0.15, 0.2) is 5.69 Å². The van der Waals surface area contributed by atoms with Crippen LogP contribution in [-0.4, -0.2) is 16.3 Å². The van der Waals surface area contributed by atoms with Gasteiger partial charge in [0.2, 0.25) is 0 Å². The zero-order chi connectivity index (χ0) is 13.0. The second-order valence-corrected chi connectivity index (χ2v) is 5.98. The number of aromatic nitrogens is 1. The average molecular weight is 295 g/mol. The van der Waals surface area contributed by atoms with E-state index in [4.69, 9.17) is 23.2 Å². The van der Waals surface area contributed by atoms with Crippen LogP contribution in [0.15, 0.2) is 0 Å². The van der Waals surface area contributed by atoms with Crippen molar-refractivity contribution in [1.82, 2.24) is 9.69 Å². The van der Waals surface area contributed by atoms with Gasteiger partial charge in [0.1, 0.15) is 9.36 Å². The zero-order valence-corrected chi connectivity index (χ0v) is 12.4. The molecule has 0 aliphatic rings. The van der Waals surface area contributed by atoms with Crippen LogP contribution in [0, 0.1) is 5.92 Å². The second-order valence-electron chi connectivity index (χ2n) is 4.23. The molecule has 6 heteroatoms. The number of nitrogens with zero attached hydrogens (tertiary/aromatic N) is 1. The molecule has 0 radical (unpaired) electrons. The third kappa shape index (κ3) is 3.83. The lowest BCUT2D eigenvalue weighted by atomic mass is 9.99. The van der Waals surface area contributed by atoms with E-state index in [1.165, 1.54) is 0 Å². The second kappa shape index (κ2) is 6.57. The Balaban J connectivity index is 2.74. The molecule has 0 spiro atoms. The van der Waals surface area contributed by atoms with E-state index in [-0.39, 0.29) is 22.7 Å². The number of halogens is 2. The fourth-order valence-electron chi connectivity index (χ4n) is 1.52. The molecule has 1 heterocycles. The Kier molecular flexibility index (Phi) is 5.70. The third-order valence-electron chi connectivity index (χ3n) is 2.53. The van der Waals surface area contributed by atoms with Crippen LogP contribution in [0.2, 0.25) is 9.36 Å². The predicted octanol–water partition coefficient (Wildman–Crippen LogP) is 4.00. The SMILES string of the molecule is CCCC(NC(=O)c1nsc(Cl)c1Cl)C(C)C. The van der Waals surface area contributed by atoms with E-state index in [1.807, 2.05) is 0 Å².